The Kier molecular flexibility index (Phi) is 4.22. The van der Waals surface area contributed by atoms with Gasteiger partial charge in [-0.1, -0.05) is 0 Å². The zero-order valence-corrected chi connectivity index (χ0v) is 11.6. The number of nitrogens with one attached hydrogen (secondary N) is 1. The first kappa shape index (κ1) is 13.8. The van der Waals surface area contributed by atoms with Crippen LogP contribution in [0.4, 0.5) is 4.39 Å². The minimum absolute atomic E-state index is 0.143. The predicted molar refractivity (Wildman–Crippen MR) is 75.3 cm³/mol. The fourth-order valence-electron chi connectivity index (χ4n) is 3.25. The van der Waals surface area contributed by atoms with Crippen LogP contribution in [0.15, 0.2) is 18.2 Å². The van der Waals surface area contributed by atoms with E-state index in [1.165, 1.54) is 6.07 Å². The summed E-state index contributed by atoms with van der Waals surface area (Å²) in [5, 5.41) is 13.2. The molecule has 1 aromatic carbocycles. The summed E-state index contributed by atoms with van der Waals surface area (Å²) in [7, 11) is 0. The van der Waals surface area contributed by atoms with Crippen molar-refractivity contribution in [3.63, 3.8) is 0 Å². The van der Waals surface area contributed by atoms with Crippen LogP contribution < -0.4 is 10.1 Å². The second kappa shape index (κ2) is 6.10. The lowest BCUT2D eigenvalue weighted by Crippen LogP contribution is -2.37. The van der Waals surface area contributed by atoms with Crippen LogP contribution in [-0.2, 0) is 0 Å². The molecule has 2 aliphatic rings. The van der Waals surface area contributed by atoms with Crippen LogP contribution in [0.5, 0.6) is 5.75 Å². The average molecular weight is 279 g/mol. The molecule has 20 heavy (non-hydrogen) atoms. The summed E-state index contributed by atoms with van der Waals surface area (Å²) in [5.74, 6) is 0.595. The van der Waals surface area contributed by atoms with E-state index in [1.807, 2.05) is 0 Å². The van der Waals surface area contributed by atoms with E-state index in [0.717, 1.165) is 49.8 Å². The molecule has 0 bridgehead atoms. The van der Waals surface area contributed by atoms with Gasteiger partial charge in [-0.2, -0.15) is 0 Å². The van der Waals surface area contributed by atoms with Gasteiger partial charge in [-0.15, -0.1) is 0 Å². The summed E-state index contributed by atoms with van der Waals surface area (Å²) in [4.78, 5) is 0. The summed E-state index contributed by atoms with van der Waals surface area (Å²) in [6, 6.07) is 5.35. The van der Waals surface area contributed by atoms with Crippen molar-refractivity contribution in [2.45, 2.75) is 56.7 Å². The predicted octanol–water partition coefficient (Wildman–Crippen LogP) is 2.93. The Morgan fingerprint density at radius 2 is 1.95 bits per heavy atom. The first-order valence-electron chi connectivity index (χ1n) is 7.59. The van der Waals surface area contributed by atoms with Gasteiger partial charge in [-0.3, -0.25) is 0 Å². The van der Waals surface area contributed by atoms with Gasteiger partial charge in [-0.05, 0) is 56.7 Å². The highest BCUT2D eigenvalue weighted by Gasteiger charge is 2.25. The highest BCUT2D eigenvalue weighted by Crippen LogP contribution is 2.33. The molecule has 2 N–H and O–H groups in total. The van der Waals surface area contributed by atoms with Gasteiger partial charge in [0.1, 0.15) is 11.6 Å². The monoisotopic (exact) mass is 279 g/mol. The normalized spacial score (nSPS) is 30.2. The van der Waals surface area contributed by atoms with Crippen LogP contribution in [0.2, 0.25) is 0 Å². The molecule has 4 heteroatoms. The maximum absolute atomic E-state index is 13.5. The standard InChI is InChI=1S/C16H22FNO2/c17-11-3-8-16-14(10-11)15(2-1-9-20-16)18-12-4-6-13(19)7-5-12/h3,8,10,12-13,15,18-19H,1-2,4-7,9H2. The molecule has 0 amide bonds. The van der Waals surface area contributed by atoms with Crippen molar-refractivity contribution in [2.75, 3.05) is 6.61 Å². The third-order valence-corrected chi connectivity index (χ3v) is 4.38. The Morgan fingerprint density at radius 3 is 2.75 bits per heavy atom. The topological polar surface area (TPSA) is 41.5 Å². The van der Waals surface area contributed by atoms with Gasteiger partial charge in [0.05, 0.1) is 12.7 Å². The van der Waals surface area contributed by atoms with Crippen LogP contribution in [0.1, 0.15) is 50.1 Å². The molecule has 0 radical (unpaired) electrons. The number of hydrogen-bond acceptors (Lipinski definition) is 3. The van der Waals surface area contributed by atoms with Crippen molar-refractivity contribution in [3.8, 4) is 5.75 Å². The molecule has 0 aromatic heterocycles. The first-order chi connectivity index (χ1) is 9.72. The number of aliphatic hydroxyl groups excluding tert-OH is 1. The lowest BCUT2D eigenvalue weighted by Gasteiger charge is -2.30. The van der Waals surface area contributed by atoms with Gasteiger partial charge < -0.3 is 15.2 Å². The number of fused-ring (bicyclic) bond motifs is 1. The number of hydrogen-bond donors (Lipinski definition) is 2. The van der Waals surface area contributed by atoms with Gasteiger partial charge in [0.2, 0.25) is 0 Å². The van der Waals surface area contributed by atoms with Crippen LogP contribution in [0.25, 0.3) is 0 Å². The van der Waals surface area contributed by atoms with E-state index in [0.29, 0.717) is 12.6 Å². The SMILES string of the molecule is OC1CCC(NC2CCCOc3ccc(F)cc32)CC1. The summed E-state index contributed by atoms with van der Waals surface area (Å²) in [6.45, 7) is 0.695. The van der Waals surface area contributed by atoms with Crippen molar-refractivity contribution in [1.82, 2.24) is 5.32 Å². The van der Waals surface area contributed by atoms with Crippen molar-refractivity contribution < 1.29 is 14.2 Å². The Labute approximate surface area is 119 Å². The zero-order valence-electron chi connectivity index (χ0n) is 11.6. The minimum Gasteiger partial charge on any atom is -0.493 e. The molecule has 1 aromatic rings. The summed E-state index contributed by atoms with van der Waals surface area (Å²) in [5.41, 5.74) is 0.939. The van der Waals surface area contributed by atoms with E-state index >= 15 is 0 Å². The molecule has 1 aliphatic carbocycles. The van der Waals surface area contributed by atoms with Gasteiger partial charge >= 0.3 is 0 Å². The van der Waals surface area contributed by atoms with Crippen LogP contribution in [0.3, 0.4) is 0 Å². The molecule has 1 fully saturated rings. The maximum Gasteiger partial charge on any atom is 0.124 e. The first-order valence-corrected chi connectivity index (χ1v) is 7.59. The molecule has 0 saturated heterocycles. The van der Waals surface area contributed by atoms with E-state index in [1.54, 1.807) is 12.1 Å². The minimum atomic E-state index is -0.208. The molecule has 1 saturated carbocycles. The Balaban J connectivity index is 1.74. The summed E-state index contributed by atoms with van der Waals surface area (Å²) >= 11 is 0. The van der Waals surface area contributed by atoms with E-state index in [9.17, 15) is 9.50 Å². The maximum atomic E-state index is 13.5. The van der Waals surface area contributed by atoms with Crippen LogP contribution in [0, 0.1) is 5.82 Å². The number of halogens is 1. The average Bonchev–Trinajstić information content (AvgIpc) is 2.64. The molecule has 3 rings (SSSR count). The summed E-state index contributed by atoms with van der Waals surface area (Å²) < 4.78 is 19.2. The van der Waals surface area contributed by atoms with Crippen LogP contribution in [-0.4, -0.2) is 23.9 Å². The fourth-order valence-corrected chi connectivity index (χ4v) is 3.25. The Morgan fingerprint density at radius 1 is 1.15 bits per heavy atom. The molecule has 3 nitrogen and oxygen atoms in total. The molecule has 110 valence electrons. The molecule has 1 atom stereocenters. The van der Waals surface area contributed by atoms with E-state index < -0.39 is 0 Å². The third kappa shape index (κ3) is 3.13. The van der Waals surface area contributed by atoms with Gasteiger partial charge in [-0.25, -0.2) is 4.39 Å². The number of aliphatic hydroxyl groups is 1. The van der Waals surface area contributed by atoms with Crippen molar-refractivity contribution in [3.05, 3.63) is 29.6 Å². The number of ether oxygens (including phenoxy) is 1. The van der Waals surface area contributed by atoms with Crippen molar-refractivity contribution in [2.24, 2.45) is 0 Å². The molecule has 1 aliphatic heterocycles. The van der Waals surface area contributed by atoms with Gasteiger partial charge in [0.25, 0.3) is 0 Å². The Hall–Kier alpha value is -1.13. The largest absolute Gasteiger partial charge is 0.493 e. The van der Waals surface area contributed by atoms with E-state index in [-0.39, 0.29) is 18.0 Å². The number of rotatable bonds is 2. The second-order valence-corrected chi connectivity index (χ2v) is 5.90. The van der Waals surface area contributed by atoms with Crippen molar-refractivity contribution >= 4 is 0 Å². The molecular formula is C16H22FNO2. The molecular weight excluding hydrogens is 257 g/mol. The molecule has 1 unspecified atom stereocenters. The molecule has 1 heterocycles. The van der Waals surface area contributed by atoms with Crippen LogP contribution >= 0.6 is 0 Å². The second-order valence-electron chi connectivity index (χ2n) is 5.90. The quantitative estimate of drug-likeness (QED) is 0.874. The lowest BCUT2D eigenvalue weighted by molar-refractivity contribution is 0.114. The zero-order chi connectivity index (χ0) is 13.9. The fraction of sp³-hybridized carbons (Fsp3) is 0.625. The highest BCUT2D eigenvalue weighted by molar-refractivity contribution is 5.37. The number of benzene rings is 1. The molecule has 0 spiro atoms. The highest BCUT2D eigenvalue weighted by atomic mass is 19.1. The third-order valence-electron chi connectivity index (χ3n) is 4.38. The Bertz CT molecular complexity index is 458. The van der Waals surface area contributed by atoms with Gasteiger partial charge in [0.15, 0.2) is 0 Å². The van der Waals surface area contributed by atoms with E-state index in [2.05, 4.69) is 5.32 Å². The van der Waals surface area contributed by atoms with Crippen molar-refractivity contribution in [1.29, 1.82) is 0 Å². The summed E-state index contributed by atoms with van der Waals surface area (Å²) in [6.07, 6.45) is 5.49. The smallest absolute Gasteiger partial charge is 0.124 e. The van der Waals surface area contributed by atoms with Gasteiger partial charge in [0, 0.05) is 17.6 Å². The lowest BCUT2D eigenvalue weighted by atomic mass is 9.91. The van der Waals surface area contributed by atoms with E-state index in [4.69, 9.17) is 4.74 Å².